The lowest BCUT2D eigenvalue weighted by molar-refractivity contribution is -0.149. The smallest absolute Gasteiger partial charge is 0.333 e. The number of benzene rings is 1. The summed E-state index contributed by atoms with van der Waals surface area (Å²) in [5.41, 5.74) is 0.709. The minimum absolute atomic E-state index is 0.0875. The highest BCUT2D eigenvalue weighted by atomic mass is 19.3. The zero-order chi connectivity index (χ0) is 26.5. The normalized spacial score (nSPS) is 12.8. The van der Waals surface area contributed by atoms with Crippen LogP contribution in [0.4, 0.5) is 13.6 Å². The monoisotopic (exact) mass is 502 g/mol. The Balaban J connectivity index is 2.59. The fourth-order valence-corrected chi connectivity index (χ4v) is 2.92. The first-order valence-electron chi connectivity index (χ1n) is 11.9. The predicted molar refractivity (Wildman–Crippen MR) is 129 cm³/mol. The van der Waals surface area contributed by atoms with Gasteiger partial charge >= 0.3 is 12.0 Å². The first-order chi connectivity index (χ1) is 16.3. The van der Waals surface area contributed by atoms with E-state index < -0.39 is 18.0 Å². The molecule has 1 rings (SSSR count). The molecule has 200 valence electrons. The third-order valence-electron chi connectivity index (χ3n) is 4.87. The number of aliphatic carboxylic acids is 1. The third kappa shape index (κ3) is 14.5. The molecular weight excluding hydrogens is 462 g/mol. The van der Waals surface area contributed by atoms with Gasteiger partial charge in [-0.25, -0.2) is 18.4 Å². The van der Waals surface area contributed by atoms with Crippen LogP contribution in [0.1, 0.15) is 46.6 Å². The van der Waals surface area contributed by atoms with E-state index in [-0.39, 0.29) is 57.2 Å². The van der Waals surface area contributed by atoms with E-state index in [1.807, 2.05) is 20.8 Å². The van der Waals surface area contributed by atoms with E-state index in [1.54, 1.807) is 31.2 Å². The van der Waals surface area contributed by atoms with Crippen LogP contribution in [-0.2, 0) is 20.7 Å². The molecule has 2 N–H and O–H groups in total. The van der Waals surface area contributed by atoms with Crippen LogP contribution in [0, 0.1) is 5.41 Å². The van der Waals surface area contributed by atoms with E-state index in [9.17, 15) is 23.5 Å². The second kappa shape index (κ2) is 14.8. The molecule has 1 unspecified atom stereocenters. The summed E-state index contributed by atoms with van der Waals surface area (Å²) in [6.07, 6.45) is -1.03. The van der Waals surface area contributed by atoms with Crippen LogP contribution in [-0.4, -0.2) is 80.1 Å². The van der Waals surface area contributed by atoms with Crippen molar-refractivity contribution in [3.05, 3.63) is 29.8 Å². The number of hydrogen-bond donors (Lipinski definition) is 2. The lowest BCUT2D eigenvalue weighted by Crippen LogP contribution is -2.46. The van der Waals surface area contributed by atoms with Crippen molar-refractivity contribution in [2.45, 2.75) is 59.5 Å². The Labute approximate surface area is 206 Å². The zero-order valence-corrected chi connectivity index (χ0v) is 21.4. The molecule has 10 heteroatoms. The highest BCUT2D eigenvalue weighted by Crippen LogP contribution is 2.17. The SMILES string of the molecule is CCOC(Cc1ccc(OCCN(CCOCCC(C)(F)F)C(=O)NCC(C)(C)C)cc1)C(=O)O. The van der Waals surface area contributed by atoms with Gasteiger partial charge in [-0.05, 0) is 37.0 Å². The van der Waals surface area contributed by atoms with E-state index in [1.165, 1.54) is 4.90 Å². The molecule has 0 saturated carbocycles. The molecule has 1 atom stereocenters. The standard InChI is InChI=1S/C25H40F2N2O6/c1-6-34-21(22(30)31)17-19-7-9-20(10-8-19)35-16-13-29(23(32)28-18-24(2,3)4)12-15-33-14-11-25(5,26)27/h7-10,21H,6,11-18H2,1-5H3,(H,28,32)(H,30,31). The summed E-state index contributed by atoms with van der Waals surface area (Å²) in [4.78, 5) is 25.4. The van der Waals surface area contributed by atoms with Crippen molar-refractivity contribution in [3.63, 3.8) is 0 Å². The average Bonchev–Trinajstić information content (AvgIpc) is 2.75. The van der Waals surface area contributed by atoms with E-state index >= 15 is 0 Å². The number of carboxylic acids is 1. The average molecular weight is 503 g/mol. The van der Waals surface area contributed by atoms with Gasteiger partial charge in [-0.2, -0.15) is 0 Å². The first kappa shape index (κ1) is 30.6. The highest BCUT2D eigenvalue weighted by molar-refractivity contribution is 5.74. The van der Waals surface area contributed by atoms with Crippen LogP contribution in [0.5, 0.6) is 5.75 Å². The molecule has 2 amide bonds. The predicted octanol–water partition coefficient (Wildman–Crippen LogP) is 4.22. The number of alkyl halides is 2. The molecule has 0 saturated heterocycles. The molecule has 1 aromatic rings. The van der Waals surface area contributed by atoms with Crippen LogP contribution in [0.3, 0.4) is 0 Å². The summed E-state index contributed by atoms with van der Waals surface area (Å²) in [7, 11) is 0. The fraction of sp³-hybridized carbons (Fsp3) is 0.680. The van der Waals surface area contributed by atoms with Crippen LogP contribution in [0.15, 0.2) is 24.3 Å². The van der Waals surface area contributed by atoms with Crippen molar-refractivity contribution in [2.24, 2.45) is 5.41 Å². The van der Waals surface area contributed by atoms with Gasteiger partial charge < -0.3 is 29.5 Å². The number of nitrogens with one attached hydrogen (secondary N) is 1. The minimum Gasteiger partial charge on any atom is -0.492 e. The Morgan fingerprint density at radius 3 is 2.23 bits per heavy atom. The number of amides is 2. The number of carbonyl (C=O) groups is 2. The quantitative estimate of drug-likeness (QED) is 0.329. The molecule has 0 bridgehead atoms. The number of carbonyl (C=O) groups excluding carboxylic acids is 1. The number of hydrogen-bond acceptors (Lipinski definition) is 5. The Morgan fingerprint density at radius 2 is 1.69 bits per heavy atom. The molecule has 0 aliphatic rings. The Bertz CT molecular complexity index is 763. The molecule has 8 nitrogen and oxygen atoms in total. The Kier molecular flexibility index (Phi) is 13.0. The van der Waals surface area contributed by atoms with Gasteiger partial charge in [-0.15, -0.1) is 0 Å². The first-order valence-corrected chi connectivity index (χ1v) is 11.9. The maximum Gasteiger partial charge on any atom is 0.333 e. The lowest BCUT2D eigenvalue weighted by Gasteiger charge is -2.26. The molecule has 0 aliphatic heterocycles. The highest BCUT2D eigenvalue weighted by Gasteiger charge is 2.21. The Morgan fingerprint density at radius 1 is 1.06 bits per heavy atom. The van der Waals surface area contributed by atoms with Gasteiger partial charge in [0.2, 0.25) is 5.92 Å². The number of rotatable bonds is 16. The van der Waals surface area contributed by atoms with Crippen LogP contribution < -0.4 is 10.1 Å². The minimum atomic E-state index is -2.79. The number of carboxylic acid groups (broad SMARTS) is 1. The lowest BCUT2D eigenvalue weighted by atomic mass is 9.97. The molecule has 0 fully saturated rings. The molecular formula is C25H40F2N2O6. The van der Waals surface area contributed by atoms with Crippen molar-refractivity contribution >= 4 is 12.0 Å². The van der Waals surface area contributed by atoms with Crippen molar-refractivity contribution in [2.75, 3.05) is 46.1 Å². The second-order valence-corrected chi connectivity index (χ2v) is 9.62. The molecule has 0 aliphatic carbocycles. The molecule has 0 heterocycles. The molecule has 0 spiro atoms. The van der Waals surface area contributed by atoms with Gasteiger partial charge in [-0.3, -0.25) is 0 Å². The number of nitrogens with zero attached hydrogens (tertiary/aromatic N) is 1. The summed E-state index contributed by atoms with van der Waals surface area (Å²) in [6, 6.07) is 6.74. The van der Waals surface area contributed by atoms with E-state index in [4.69, 9.17) is 14.2 Å². The molecule has 35 heavy (non-hydrogen) atoms. The topological polar surface area (TPSA) is 97.3 Å². The van der Waals surface area contributed by atoms with Crippen molar-refractivity contribution < 1.29 is 37.7 Å². The van der Waals surface area contributed by atoms with Gasteiger partial charge in [0.1, 0.15) is 12.4 Å². The molecule has 0 aromatic heterocycles. The van der Waals surface area contributed by atoms with Gasteiger partial charge in [0.05, 0.1) is 19.8 Å². The van der Waals surface area contributed by atoms with Crippen molar-refractivity contribution in [1.29, 1.82) is 0 Å². The Hall–Kier alpha value is -2.46. The summed E-state index contributed by atoms with van der Waals surface area (Å²) >= 11 is 0. The molecule has 0 radical (unpaired) electrons. The maximum atomic E-state index is 12.9. The fourth-order valence-electron chi connectivity index (χ4n) is 2.92. The summed E-state index contributed by atoms with van der Waals surface area (Å²) in [6.45, 7) is 10.2. The zero-order valence-electron chi connectivity index (χ0n) is 21.4. The van der Waals surface area contributed by atoms with Crippen molar-refractivity contribution in [3.8, 4) is 5.75 Å². The van der Waals surface area contributed by atoms with Gasteiger partial charge in [-0.1, -0.05) is 32.9 Å². The number of halogens is 2. The van der Waals surface area contributed by atoms with Crippen LogP contribution in [0.25, 0.3) is 0 Å². The summed E-state index contributed by atoms with van der Waals surface area (Å²) < 4.78 is 42.1. The molecule has 1 aromatic carbocycles. The van der Waals surface area contributed by atoms with Crippen LogP contribution in [0.2, 0.25) is 0 Å². The number of urea groups is 1. The van der Waals surface area contributed by atoms with Gasteiger partial charge in [0.25, 0.3) is 0 Å². The van der Waals surface area contributed by atoms with Gasteiger partial charge in [0.15, 0.2) is 6.10 Å². The van der Waals surface area contributed by atoms with E-state index in [2.05, 4.69) is 5.32 Å². The summed E-state index contributed by atoms with van der Waals surface area (Å²) in [5.74, 6) is -3.22. The van der Waals surface area contributed by atoms with E-state index in [0.717, 1.165) is 12.5 Å². The second-order valence-electron chi connectivity index (χ2n) is 9.62. The van der Waals surface area contributed by atoms with Gasteiger partial charge in [0, 0.05) is 32.5 Å². The van der Waals surface area contributed by atoms with Crippen LogP contribution >= 0.6 is 0 Å². The van der Waals surface area contributed by atoms with E-state index in [0.29, 0.717) is 18.9 Å². The maximum absolute atomic E-state index is 12.9. The number of ether oxygens (including phenoxy) is 3. The third-order valence-corrected chi connectivity index (χ3v) is 4.87. The summed E-state index contributed by atoms with van der Waals surface area (Å²) in [5, 5.41) is 12.1. The van der Waals surface area contributed by atoms with Crippen molar-refractivity contribution in [1.82, 2.24) is 10.2 Å². The largest absolute Gasteiger partial charge is 0.492 e.